The number of anilines is 2. The SMILES string of the molecule is CC(C)c1ccc(NC(=O)c2ccc(-n3cnc(NC(=O)C4CC4)c3)cc2)cc1. The Morgan fingerprint density at radius 3 is 2.31 bits per heavy atom. The van der Waals surface area contributed by atoms with Crippen LogP contribution in [0, 0.1) is 5.92 Å². The molecule has 2 N–H and O–H groups in total. The molecule has 0 spiro atoms. The first kappa shape index (κ1) is 18.9. The number of hydrogen-bond acceptors (Lipinski definition) is 3. The monoisotopic (exact) mass is 388 g/mol. The molecule has 1 fully saturated rings. The Labute approximate surface area is 170 Å². The van der Waals surface area contributed by atoms with Gasteiger partial charge in [0.15, 0.2) is 5.82 Å². The van der Waals surface area contributed by atoms with Crippen molar-refractivity contribution in [1.82, 2.24) is 9.55 Å². The fourth-order valence-corrected chi connectivity index (χ4v) is 3.04. The smallest absolute Gasteiger partial charge is 0.255 e. The van der Waals surface area contributed by atoms with Gasteiger partial charge in [0.2, 0.25) is 5.91 Å². The van der Waals surface area contributed by atoms with E-state index in [0.29, 0.717) is 17.3 Å². The first-order valence-electron chi connectivity index (χ1n) is 9.86. The maximum absolute atomic E-state index is 12.5. The molecule has 3 aromatic rings. The predicted molar refractivity (Wildman–Crippen MR) is 113 cm³/mol. The largest absolute Gasteiger partial charge is 0.322 e. The van der Waals surface area contributed by atoms with Gasteiger partial charge in [-0.2, -0.15) is 0 Å². The molecule has 1 heterocycles. The summed E-state index contributed by atoms with van der Waals surface area (Å²) in [5, 5.41) is 5.75. The highest BCUT2D eigenvalue weighted by Gasteiger charge is 2.29. The van der Waals surface area contributed by atoms with Crippen LogP contribution in [0.25, 0.3) is 5.69 Å². The second-order valence-electron chi connectivity index (χ2n) is 7.71. The van der Waals surface area contributed by atoms with Crippen molar-refractivity contribution in [1.29, 1.82) is 0 Å². The van der Waals surface area contributed by atoms with E-state index in [1.807, 2.05) is 41.0 Å². The number of nitrogens with one attached hydrogen (secondary N) is 2. The number of imidazole rings is 1. The topological polar surface area (TPSA) is 76.0 Å². The van der Waals surface area contributed by atoms with Gasteiger partial charge >= 0.3 is 0 Å². The lowest BCUT2D eigenvalue weighted by atomic mass is 10.0. The lowest BCUT2D eigenvalue weighted by Gasteiger charge is -2.09. The van der Waals surface area contributed by atoms with Crippen LogP contribution in [0.2, 0.25) is 0 Å². The van der Waals surface area contributed by atoms with Crippen molar-refractivity contribution in [3.63, 3.8) is 0 Å². The number of hydrogen-bond donors (Lipinski definition) is 2. The number of carbonyl (C=O) groups is 2. The van der Waals surface area contributed by atoms with Crippen LogP contribution in [0.4, 0.5) is 11.5 Å². The summed E-state index contributed by atoms with van der Waals surface area (Å²) in [4.78, 5) is 28.6. The maximum Gasteiger partial charge on any atom is 0.255 e. The van der Waals surface area contributed by atoms with E-state index in [2.05, 4.69) is 29.5 Å². The summed E-state index contributed by atoms with van der Waals surface area (Å²) in [6.07, 6.45) is 5.33. The molecule has 6 heteroatoms. The molecule has 1 aliphatic carbocycles. The molecular weight excluding hydrogens is 364 g/mol. The van der Waals surface area contributed by atoms with Crippen molar-refractivity contribution < 1.29 is 9.59 Å². The minimum absolute atomic E-state index is 0.0312. The molecule has 0 aliphatic heterocycles. The highest BCUT2D eigenvalue weighted by atomic mass is 16.2. The van der Waals surface area contributed by atoms with Gasteiger partial charge in [0.05, 0.1) is 6.20 Å². The van der Waals surface area contributed by atoms with Crippen molar-refractivity contribution >= 4 is 23.3 Å². The lowest BCUT2D eigenvalue weighted by molar-refractivity contribution is -0.117. The average Bonchev–Trinajstić information content (AvgIpc) is 3.48. The molecule has 2 amide bonds. The number of aromatic nitrogens is 2. The number of rotatable bonds is 6. The summed E-state index contributed by atoms with van der Waals surface area (Å²) in [6, 6.07) is 15.2. The normalized spacial score (nSPS) is 13.3. The third-order valence-corrected chi connectivity index (χ3v) is 5.04. The van der Waals surface area contributed by atoms with E-state index in [0.717, 1.165) is 24.2 Å². The zero-order valence-corrected chi connectivity index (χ0v) is 16.6. The molecule has 2 aromatic carbocycles. The highest BCUT2D eigenvalue weighted by molar-refractivity contribution is 6.04. The van der Waals surface area contributed by atoms with Gasteiger partial charge in [-0.25, -0.2) is 4.98 Å². The molecular formula is C23H24N4O2. The Morgan fingerprint density at radius 1 is 1.00 bits per heavy atom. The van der Waals surface area contributed by atoms with Crippen LogP contribution < -0.4 is 10.6 Å². The molecule has 0 saturated heterocycles. The fourth-order valence-electron chi connectivity index (χ4n) is 3.04. The van der Waals surface area contributed by atoms with E-state index in [4.69, 9.17) is 0 Å². The average molecular weight is 388 g/mol. The molecule has 0 radical (unpaired) electrons. The zero-order chi connectivity index (χ0) is 20.4. The van der Waals surface area contributed by atoms with Gasteiger partial charge in [-0.3, -0.25) is 9.59 Å². The van der Waals surface area contributed by atoms with E-state index in [-0.39, 0.29) is 17.7 Å². The number of nitrogens with zero attached hydrogens (tertiary/aromatic N) is 2. The van der Waals surface area contributed by atoms with Gasteiger partial charge in [-0.05, 0) is 60.7 Å². The van der Waals surface area contributed by atoms with Gasteiger partial charge in [0, 0.05) is 22.9 Å². The molecule has 6 nitrogen and oxygen atoms in total. The second kappa shape index (κ2) is 7.91. The quantitative estimate of drug-likeness (QED) is 0.648. The van der Waals surface area contributed by atoms with Crippen LogP contribution in [-0.2, 0) is 4.79 Å². The van der Waals surface area contributed by atoms with Crippen LogP contribution >= 0.6 is 0 Å². The molecule has 0 bridgehead atoms. The van der Waals surface area contributed by atoms with Crippen molar-refractivity contribution in [3.05, 3.63) is 72.2 Å². The van der Waals surface area contributed by atoms with Crippen molar-refractivity contribution in [2.45, 2.75) is 32.6 Å². The highest BCUT2D eigenvalue weighted by Crippen LogP contribution is 2.30. The molecule has 0 atom stereocenters. The molecule has 1 aromatic heterocycles. The van der Waals surface area contributed by atoms with E-state index >= 15 is 0 Å². The lowest BCUT2D eigenvalue weighted by Crippen LogP contribution is -2.13. The van der Waals surface area contributed by atoms with Gasteiger partial charge < -0.3 is 15.2 Å². The van der Waals surface area contributed by atoms with Gasteiger partial charge in [-0.1, -0.05) is 26.0 Å². The zero-order valence-electron chi connectivity index (χ0n) is 16.6. The maximum atomic E-state index is 12.5. The Hall–Kier alpha value is -3.41. The van der Waals surface area contributed by atoms with Gasteiger partial charge in [0.25, 0.3) is 5.91 Å². The van der Waals surface area contributed by atoms with Crippen molar-refractivity contribution in [2.75, 3.05) is 10.6 Å². The summed E-state index contributed by atoms with van der Waals surface area (Å²) >= 11 is 0. The van der Waals surface area contributed by atoms with E-state index in [1.165, 1.54) is 5.56 Å². The van der Waals surface area contributed by atoms with E-state index in [1.54, 1.807) is 24.7 Å². The van der Waals surface area contributed by atoms with Crippen LogP contribution in [-0.4, -0.2) is 21.4 Å². The first-order chi connectivity index (χ1) is 14.0. The number of benzene rings is 2. The molecule has 4 rings (SSSR count). The summed E-state index contributed by atoms with van der Waals surface area (Å²) in [5.74, 6) is 1.01. The first-order valence-corrected chi connectivity index (χ1v) is 9.86. The predicted octanol–water partition coefficient (Wildman–Crippen LogP) is 4.60. The number of amides is 2. The number of carbonyl (C=O) groups excluding carboxylic acids is 2. The third-order valence-electron chi connectivity index (χ3n) is 5.04. The molecule has 29 heavy (non-hydrogen) atoms. The minimum atomic E-state index is -0.156. The van der Waals surface area contributed by atoms with Crippen molar-refractivity contribution in [3.8, 4) is 5.69 Å². The fraction of sp³-hybridized carbons (Fsp3) is 0.261. The Kier molecular flexibility index (Phi) is 5.16. The molecule has 0 unspecified atom stereocenters. The molecule has 148 valence electrons. The Morgan fingerprint density at radius 2 is 1.69 bits per heavy atom. The van der Waals surface area contributed by atoms with Gasteiger partial charge in [0.1, 0.15) is 6.33 Å². The molecule has 1 saturated carbocycles. The van der Waals surface area contributed by atoms with Gasteiger partial charge in [-0.15, -0.1) is 0 Å². The standard InChI is InChI=1S/C23H24N4O2/c1-15(2)16-5-9-19(10-6-16)25-22(28)18-7-11-20(12-8-18)27-13-21(24-14-27)26-23(29)17-3-4-17/h5-15,17H,3-4H2,1-2H3,(H,25,28)(H,26,29). The minimum Gasteiger partial charge on any atom is -0.322 e. The Bertz CT molecular complexity index is 1020. The van der Waals surface area contributed by atoms with E-state index < -0.39 is 0 Å². The summed E-state index contributed by atoms with van der Waals surface area (Å²) in [7, 11) is 0. The summed E-state index contributed by atoms with van der Waals surface area (Å²) in [6.45, 7) is 4.28. The van der Waals surface area contributed by atoms with Crippen LogP contribution in [0.3, 0.4) is 0 Å². The summed E-state index contributed by atoms with van der Waals surface area (Å²) < 4.78 is 1.81. The second-order valence-corrected chi connectivity index (χ2v) is 7.71. The van der Waals surface area contributed by atoms with Crippen LogP contribution in [0.5, 0.6) is 0 Å². The van der Waals surface area contributed by atoms with E-state index in [9.17, 15) is 9.59 Å². The third kappa shape index (κ3) is 4.54. The molecule has 1 aliphatic rings. The Balaban J connectivity index is 1.40. The van der Waals surface area contributed by atoms with Crippen LogP contribution in [0.1, 0.15) is 48.5 Å². The van der Waals surface area contributed by atoms with Crippen molar-refractivity contribution in [2.24, 2.45) is 5.92 Å². The summed E-state index contributed by atoms with van der Waals surface area (Å²) in [5.41, 5.74) is 3.45. The van der Waals surface area contributed by atoms with Crippen LogP contribution in [0.15, 0.2) is 61.1 Å².